The molecule has 0 saturated heterocycles. The Morgan fingerprint density at radius 1 is 0.562 bits per heavy atom. The second-order valence-corrected chi connectivity index (χ2v) is 3.34. The Labute approximate surface area is 94.0 Å². The molecule has 2 aliphatic carbocycles. The van der Waals surface area contributed by atoms with Crippen molar-refractivity contribution >= 4 is 11.4 Å². The third-order valence-electron chi connectivity index (χ3n) is 2.09. The summed E-state index contributed by atoms with van der Waals surface area (Å²) in [5, 5.41) is 18.2. The maximum Gasteiger partial charge on any atom is 0.0857 e. The molecule has 74 valence electrons. The molecule has 16 heavy (non-hydrogen) atoms. The molecular formula is C14H8N2. The van der Waals surface area contributed by atoms with Crippen molar-refractivity contribution in [1.29, 1.82) is 0 Å². The lowest BCUT2D eigenvalue weighted by atomic mass is 10.1. The number of allylic oxidation sites excluding steroid dienone is 10. The van der Waals surface area contributed by atoms with Gasteiger partial charge in [0.2, 0.25) is 0 Å². The van der Waals surface area contributed by atoms with Gasteiger partial charge in [0, 0.05) is 11.1 Å². The van der Waals surface area contributed by atoms with Crippen molar-refractivity contribution in [2.75, 3.05) is 0 Å². The molecule has 2 nitrogen and oxygen atoms in total. The normalized spacial score (nSPS) is 17.8. The monoisotopic (exact) mass is 204 g/mol. The van der Waals surface area contributed by atoms with Gasteiger partial charge in [0.05, 0.1) is 11.4 Å². The summed E-state index contributed by atoms with van der Waals surface area (Å²) in [6.07, 6.45) is 13.4. The molecular weight excluding hydrogens is 196 g/mol. The van der Waals surface area contributed by atoms with Crippen LogP contribution in [0.1, 0.15) is 0 Å². The molecule has 0 heterocycles. The first kappa shape index (κ1) is 10.1. The van der Waals surface area contributed by atoms with Crippen LogP contribution in [0.5, 0.6) is 0 Å². The quantitative estimate of drug-likeness (QED) is 0.534. The van der Waals surface area contributed by atoms with E-state index >= 15 is 0 Å². The zero-order valence-corrected chi connectivity index (χ0v) is 8.51. The lowest BCUT2D eigenvalue weighted by molar-refractivity contribution is 1.64. The minimum atomic E-state index is 0.232. The zero-order chi connectivity index (χ0) is 11.4. The van der Waals surface area contributed by atoms with Crippen LogP contribution in [0.15, 0.2) is 71.2 Å². The summed E-state index contributed by atoms with van der Waals surface area (Å²) in [5.41, 5.74) is 8.07. The maximum atomic E-state index is 9.10. The van der Waals surface area contributed by atoms with Crippen LogP contribution in [-0.2, 0) is 0 Å². The summed E-state index contributed by atoms with van der Waals surface area (Å²) in [5.74, 6) is 0. The fraction of sp³-hybridized carbons (Fsp3) is 0. The molecule has 0 saturated carbocycles. The molecule has 0 unspecified atom stereocenters. The van der Waals surface area contributed by atoms with Crippen LogP contribution in [-0.4, -0.2) is 11.4 Å². The van der Waals surface area contributed by atoms with E-state index in [4.69, 9.17) is 10.8 Å². The molecule has 0 fully saturated rings. The highest BCUT2D eigenvalue weighted by Gasteiger charge is 1.95. The fourth-order valence-corrected chi connectivity index (χ4v) is 1.23. The molecule has 0 amide bonds. The van der Waals surface area contributed by atoms with Crippen LogP contribution >= 0.6 is 0 Å². The van der Waals surface area contributed by atoms with E-state index in [2.05, 4.69) is 11.5 Å². The predicted octanol–water partition coefficient (Wildman–Crippen LogP) is 1.33. The van der Waals surface area contributed by atoms with E-state index in [1.54, 1.807) is 48.6 Å². The van der Waals surface area contributed by atoms with Gasteiger partial charge < -0.3 is 0 Å². The van der Waals surface area contributed by atoms with Crippen LogP contribution in [0.2, 0.25) is 0 Å². The summed E-state index contributed by atoms with van der Waals surface area (Å²) in [6.45, 7) is 0. The van der Waals surface area contributed by atoms with Gasteiger partial charge in [-0.05, 0) is 48.6 Å². The Morgan fingerprint density at radius 2 is 0.875 bits per heavy atom. The van der Waals surface area contributed by atoms with Crippen molar-refractivity contribution in [3.63, 3.8) is 0 Å². The third kappa shape index (κ3) is 2.55. The van der Waals surface area contributed by atoms with Gasteiger partial charge >= 0.3 is 0 Å². The lowest BCUT2D eigenvalue weighted by Gasteiger charge is -1.96. The van der Waals surface area contributed by atoms with E-state index in [1.165, 1.54) is 0 Å². The first-order valence-corrected chi connectivity index (χ1v) is 4.84. The number of rotatable bonds is 0. The Balaban J connectivity index is 2.33. The topological polar surface area (TPSA) is 44.6 Å². The Morgan fingerprint density at radius 3 is 1.19 bits per heavy atom. The first-order valence-electron chi connectivity index (χ1n) is 4.84. The summed E-state index contributed by atoms with van der Waals surface area (Å²) in [6, 6.07) is 0. The summed E-state index contributed by atoms with van der Waals surface area (Å²) < 4.78 is 0. The highest BCUT2D eigenvalue weighted by molar-refractivity contribution is 6.04. The van der Waals surface area contributed by atoms with E-state index in [1.807, 2.05) is 0 Å². The number of hydrogen-bond donors (Lipinski definition) is 0. The predicted molar refractivity (Wildman–Crippen MR) is 64.9 cm³/mol. The highest BCUT2D eigenvalue weighted by Crippen LogP contribution is 2.06. The third-order valence-corrected chi connectivity index (χ3v) is 2.09. The van der Waals surface area contributed by atoms with Crippen LogP contribution < -0.4 is 10.8 Å². The largest absolute Gasteiger partial charge is 0.151 e. The molecule has 0 N–H and O–H groups in total. The van der Waals surface area contributed by atoms with Crippen LogP contribution in [0.4, 0.5) is 0 Å². The molecule has 2 heteroatoms. The molecule has 0 aromatic heterocycles. The lowest BCUT2D eigenvalue weighted by Crippen LogP contribution is -1.93. The van der Waals surface area contributed by atoms with Crippen molar-refractivity contribution in [2.45, 2.75) is 0 Å². The van der Waals surface area contributed by atoms with Crippen LogP contribution in [0, 0.1) is 0 Å². The van der Waals surface area contributed by atoms with Gasteiger partial charge in [-0.2, -0.15) is 10.8 Å². The maximum absolute atomic E-state index is 9.10. The van der Waals surface area contributed by atoms with E-state index in [0.717, 1.165) is 11.1 Å². The average Bonchev–Trinajstić information content (AvgIpc) is 2.30. The first-order chi connectivity index (χ1) is 7.74. The molecule has 0 aliphatic heterocycles. The van der Waals surface area contributed by atoms with E-state index < -0.39 is 0 Å². The van der Waals surface area contributed by atoms with E-state index in [0.29, 0.717) is 0 Å². The standard InChI is InChI=1S/C14H8N2/c15-13-7-3-11(4-8-13)1-2-12-5-9-14(16)10-6-12/h3-10H. The van der Waals surface area contributed by atoms with Crippen LogP contribution in [0.3, 0.4) is 0 Å². The molecule has 0 aromatic rings. The molecule has 0 bridgehead atoms. The Kier molecular flexibility index (Phi) is 2.79. The molecule has 2 rings (SSSR count). The van der Waals surface area contributed by atoms with Crippen molar-refractivity contribution in [3.05, 3.63) is 71.2 Å². The van der Waals surface area contributed by atoms with Crippen molar-refractivity contribution < 1.29 is 0 Å². The minimum absolute atomic E-state index is 0.232. The summed E-state index contributed by atoms with van der Waals surface area (Å²) >= 11 is 0. The Hall–Kier alpha value is -2.40. The molecule has 2 aliphatic rings. The van der Waals surface area contributed by atoms with Gasteiger partial charge in [-0.25, -0.2) is 0 Å². The average molecular weight is 204 g/mol. The molecule has 0 aromatic carbocycles. The van der Waals surface area contributed by atoms with Gasteiger partial charge in [-0.3, -0.25) is 0 Å². The van der Waals surface area contributed by atoms with Crippen molar-refractivity contribution in [3.8, 4) is 0 Å². The van der Waals surface area contributed by atoms with Gasteiger partial charge in [-0.15, -0.1) is 0 Å². The zero-order valence-electron chi connectivity index (χ0n) is 8.51. The van der Waals surface area contributed by atoms with E-state index in [-0.39, 0.29) is 11.4 Å². The van der Waals surface area contributed by atoms with Gasteiger partial charge in [0.1, 0.15) is 0 Å². The fourth-order valence-electron chi connectivity index (χ4n) is 1.23. The van der Waals surface area contributed by atoms with Gasteiger partial charge in [0.15, 0.2) is 0 Å². The summed E-state index contributed by atoms with van der Waals surface area (Å²) in [4.78, 5) is 0. The second-order valence-electron chi connectivity index (χ2n) is 3.34. The minimum Gasteiger partial charge on any atom is -0.151 e. The van der Waals surface area contributed by atoms with Gasteiger partial charge in [-0.1, -0.05) is 11.5 Å². The summed E-state index contributed by atoms with van der Waals surface area (Å²) in [7, 11) is 0. The van der Waals surface area contributed by atoms with E-state index in [9.17, 15) is 0 Å². The number of nitrogens with zero attached hydrogens (tertiary/aromatic N) is 2. The molecule has 0 atom stereocenters. The number of hydrogen-bond acceptors (Lipinski definition) is 0. The van der Waals surface area contributed by atoms with Crippen molar-refractivity contribution in [2.24, 2.45) is 0 Å². The van der Waals surface area contributed by atoms with Crippen molar-refractivity contribution in [1.82, 2.24) is 10.8 Å². The second kappa shape index (κ2) is 4.41. The smallest absolute Gasteiger partial charge is 0.0857 e. The van der Waals surface area contributed by atoms with Crippen LogP contribution in [0.25, 0.3) is 0 Å². The highest BCUT2D eigenvalue weighted by atomic mass is 14.4. The Bertz CT molecular complexity index is 480. The SMILES string of the molecule is [N]=C1C=CC(=C=C=C2C=CC(=[N])C=C2)C=C1. The molecule has 2 radical (unpaired) electrons. The molecule has 0 spiro atoms. The van der Waals surface area contributed by atoms with Gasteiger partial charge in [0.25, 0.3) is 0 Å².